The second-order valence-corrected chi connectivity index (χ2v) is 10.7. The lowest BCUT2D eigenvalue weighted by Gasteiger charge is -2.26. The van der Waals surface area contributed by atoms with E-state index in [1.807, 2.05) is 12.1 Å². The van der Waals surface area contributed by atoms with Crippen LogP contribution in [0.15, 0.2) is 83.8 Å². The molecule has 0 saturated heterocycles. The number of sulfonamides is 1. The number of para-hydroxylation sites is 1. The molecule has 174 valence electrons. The molecule has 0 saturated carbocycles. The lowest BCUT2D eigenvalue weighted by Crippen LogP contribution is -2.35. The molecule has 1 aliphatic heterocycles. The van der Waals surface area contributed by atoms with Crippen molar-refractivity contribution in [2.75, 3.05) is 13.1 Å². The maximum atomic E-state index is 14.2. The smallest absolute Gasteiger partial charge is 0.246 e. The first-order valence-corrected chi connectivity index (χ1v) is 12.9. The predicted octanol–water partition coefficient (Wildman–Crippen LogP) is 5.92. The Kier molecular flexibility index (Phi) is 5.88. The monoisotopic (exact) mass is 474 g/mol. The van der Waals surface area contributed by atoms with Gasteiger partial charge in [0.1, 0.15) is 10.7 Å². The first-order valence-electron chi connectivity index (χ1n) is 11.4. The van der Waals surface area contributed by atoms with Gasteiger partial charge in [0.25, 0.3) is 0 Å². The SMILES string of the molecule is Cc1ccccc1Cn1c(C)c(C2=CCN(S(=O)(=O)c3ccccc3F)CC2)c2ccccc21. The second kappa shape index (κ2) is 8.85. The van der Waals surface area contributed by atoms with Crippen molar-refractivity contribution in [2.24, 2.45) is 0 Å². The van der Waals surface area contributed by atoms with E-state index in [4.69, 9.17) is 0 Å². The summed E-state index contributed by atoms with van der Waals surface area (Å²) in [6.45, 7) is 5.59. The van der Waals surface area contributed by atoms with E-state index in [1.165, 1.54) is 55.8 Å². The number of fused-ring (bicyclic) bond motifs is 1. The maximum Gasteiger partial charge on any atom is 0.246 e. The highest BCUT2D eigenvalue weighted by atomic mass is 32.2. The van der Waals surface area contributed by atoms with Crippen LogP contribution >= 0.6 is 0 Å². The zero-order valence-electron chi connectivity index (χ0n) is 19.3. The molecule has 0 unspecified atom stereocenters. The summed E-state index contributed by atoms with van der Waals surface area (Å²) in [5, 5.41) is 1.17. The Labute approximate surface area is 200 Å². The van der Waals surface area contributed by atoms with Gasteiger partial charge in [0.15, 0.2) is 0 Å². The molecule has 4 aromatic rings. The third kappa shape index (κ3) is 3.87. The van der Waals surface area contributed by atoms with Gasteiger partial charge in [-0.15, -0.1) is 0 Å². The fourth-order valence-corrected chi connectivity index (χ4v) is 6.33. The molecule has 3 aromatic carbocycles. The minimum Gasteiger partial charge on any atom is -0.340 e. The standard InChI is InChI=1S/C28H27FN2O2S/c1-20-9-3-4-10-23(20)19-31-21(2)28(24-11-5-7-13-26(24)31)22-15-17-30(18-16-22)34(32,33)27-14-8-6-12-25(27)29/h3-15H,16-19H2,1-2H3. The van der Waals surface area contributed by atoms with Gasteiger partial charge in [0.2, 0.25) is 10.0 Å². The summed E-state index contributed by atoms with van der Waals surface area (Å²) in [4.78, 5) is -0.266. The van der Waals surface area contributed by atoms with Crippen molar-refractivity contribution in [3.63, 3.8) is 0 Å². The van der Waals surface area contributed by atoms with Crippen LogP contribution in [0.4, 0.5) is 4.39 Å². The molecule has 0 bridgehead atoms. The Morgan fingerprint density at radius 2 is 1.62 bits per heavy atom. The average molecular weight is 475 g/mol. The normalized spacial score (nSPS) is 15.0. The molecule has 1 aromatic heterocycles. The van der Waals surface area contributed by atoms with Crippen molar-refractivity contribution in [3.8, 4) is 0 Å². The Morgan fingerprint density at radius 1 is 0.912 bits per heavy atom. The number of aryl methyl sites for hydroxylation is 1. The number of hydrogen-bond acceptors (Lipinski definition) is 2. The molecule has 4 nitrogen and oxygen atoms in total. The average Bonchev–Trinajstić information content (AvgIpc) is 3.12. The van der Waals surface area contributed by atoms with E-state index >= 15 is 0 Å². The maximum absolute atomic E-state index is 14.2. The van der Waals surface area contributed by atoms with Gasteiger partial charge in [-0.2, -0.15) is 4.31 Å². The second-order valence-electron chi connectivity index (χ2n) is 8.76. The lowest BCUT2D eigenvalue weighted by atomic mass is 9.97. The van der Waals surface area contributed by atoms with E-state index in [2.05, 4.69) is 60.9 Å². The summed E-state index contributed by atoms with van der Waals surface area (Å²) in [6, 6.07) is 22.3. The largest absolute Gasteiger partial charge is 0.340 e. The molecule has 0 amide bonds. The molecular formula is C28H27FN2O2S. The molecule has 2 heterocycles. The van der Waals surface area contributed by atoms with E-state index < -0.39 is 15.8 Å². The van der Waals surface area contributed by atoms with Gasteiger partial charge in [-0.25, -0.2) is 12.8 Å². The number of rotatable bonds is 5. The highest BCUT2D eigenvalue weighted by Gasteiger charge is 2.29. The van der Waals surface area contributed by atoms with Crippen LogP contribution in [0.1, 0.15) is 28.8 Å². The minimum absolute atomic E-state index is 0.225. The van der Waals surface area contributed by atoms with Gasteiger partial charge < -0.3 is 4.57 Å². The van der Waals surface area contributed by atoms with E-state index in [9.17, 15) is 12.8 Å². The van der Waals surface area contributed by atoms with Crippen molar-refractivity contribution in [3.05, 3.63) is 107 Å². The number of benzene rings is 3. The van der Waals surface area contributed by atoms with Crippen molar-refractivity contribution in [2.45, 2.75) is 31.7 Å². The quantitative estimate of drug-likeness (QED) is 0.360. The minimum atomic E-state index is -3.88. The van der Waals surface area contributed by atoms with Crippen molar-refractivity contribution < 1.29 is 12.8 Å². The Morgan fingerprint density at radius 3 is 2.35 bits per heavy atom. The molecule has 0 N–H and O–H groups in total. The summed E-state index contributed by atoms with van der Waals surface area (Å²) in [5.74, 6) is -0.715. The first-order chi connectivity index (χ1) is 16.4. The van der Waals surface area contributed by atoms with Gasteiger partial charge in [-0.3, -0.25) is 0 Å². The summed E-state index contributed by atoms with van der Waals surface area (Å²) in [5.41, 5.74) is 7.18. The van der Waals surface area contributed by atoms with E-state index in [1.54, 1.807) is 6.07 Å². The summed E-state index contributed by atoms with van der Waals surface area (Å²) in [6.07, 6.45) is 2.56. The lowest BCUT2D eigenvalue weighted by molar-refractivity contribution is 0.436. The van der Waals surface area contributed by atoms with Gasteiger partial charge in [0.05, 0.1) is 0 Å². The third-order valence-electron chi connectivity index (χ3n) is 6.77. The molecule has 1 aliphatic rings. The molecule has 5 rings (SSSR count). The molecule has 6 heteroatoms. The van der Waals surface area contributed by atoms with E-state index in [0.717, 1.165) is 12.1 Å². The molecule has 0 radical (unpaired) electrons. The van der Waals surface area contributed by atoms with E-state index in [0.29, 0.717) is 13.0 Å². The van der Waals surface area contributed by atoms with Crippen molar-refractivity contribution in [1.29, 1.82) is 0 Å². The Hall–Kier alpha value is -3.22. The van der Waals surface area contributed by atoms with Gasteiger partial charge in [0, 0.05) is 41.8 Å². The Bertz CT molecular complexity index is 1520. The summed E-state index contributed by atoms with van der Waals surface area (Å²) < 4.78 is 43.9. The predicted molar refractivity (Wildman–Crippen MR) is 135 cm³/mol. The van der Waals surface area contributed by atoms with Crippen LogP contribution in [0.3, 0.4) is 0 Å². The van der Waals surface area contributed by atoms with E-state index in [-0.39, 0.29) is 11.4 Å². The molecule has 0 atom stereocenters. The summed E-state index contributed by atoms with van der Waals surface area (Å²) >= 11 is 0. The van der Waals surface area contributed by atoms with Crippen LogP contribution < -0.4 is 0 Å². The molecule has 0 fully saturated rings. The number of hydrogen-bond donors (Lipinski definition) is 0. The molecular weight excluding hydrogens is 447 g/mol. The highest BCUT2D eigenvalue weighted by Crippen LogP contribution is 2.36. The molecule has 34 heavy (non-hydrogen) atoms. The van der Waals surface area contributed by atoms with Crippen LogP contribution in [0.5, 0.6) is 0 Å². The van der Waals surface area contributed by atoms with Crippen molar-refractivity contribution >= 4 is 26.5 Å². The fraction of sp³-hybridized carbons (Fsp3) is 0.214. The number of aromatic nitrogens is 1. The molecule has 0 aliphatic carbocycles. The van der Waals surface area contributed by atoms with Crippen LogP contribution in [0, 0.1) is 19.7 Å². The zero-order valence-corrected chi connectivity index (χ0v) is 20.1. The van der Waals surface area contributed by atoms with Gasteiger partial charge >= 0.3 is 0 Å². The summed E-state index contributed by atoms with van der Waals surface area (Å²) in [7, 11) is -3.88. The third-order valence-corrected chi connectivity index (χ3v) is 8.67. The van der Waals surface area contributed by atoms with Crippen LogP contribution in [-0.4, -0.2) is 30.4 Å². The number of halogens is 1. The van der Waals surface area contributed by atoms with Gasteiger partial charge in [-0.05, 0) is 55.2 Å². The fourth-order valence-electron chi connectivity index (χ4n) is 4.89. The topological polar surface area (TPSA) is 42.3 Å². The molecule has 0 spiro atoms. The van der Waals surface area contributed by atoms with Crippen molar-refractivity contribution in [1.82, 2.24) is 8.87 Å². The zero-order chi connectivity index (χ0) is 23.9. The highest BCUT2D eigenvalue weighted by molar-refractivity contribution is 7.89. The number of nitrogens with zero attached hydrogens (tertiary/aromatic N) is 2. The first kappa shape index (κ1) is 22.6. The van der Waals surface area contributed by atoms with Crippen LogP contribution in [0.2, 0.25) is 0 Å². The Balaban J connectivity index is 1.51. The van der Waals surface area contributed by atoms with Crippen LogP contribution in [0.25, 0.3) is 16.5 Å². The van der Waals surface area contributed by atoms with Crippen LogP contribution in [-0.2, 0) is 16.6 Å². The van der Waals surface area contributed by atoms with Gasteiger partial charge in [-0.1, -0.05) is 60.7 Å².